The summed E-state index contributed by atoms with van der Waals surface area (Å²) in [5, 5.41) is 6.54. The van der Waals surface area contributed by atoms with Gasteiger partial charge in [-0.3, -0.25) is 0 Å². The molecule has 0 spiro atoms. The van der Waals surface area contributed by atoms with E-state index in [0.717, 1.165) is 47.3 Å². The van der Waals surface area contributed by atoms with E-state index in [1.165, 1.54) is 11.1 Å². The van der Waals surface area contributed by atoms with Crippen molar-refractivity contribution in [1.82, 2.24) is 4.98 Å². The van der Waals surface area contributed by atoms with Crippen molar-refractivity contribution in [2.45, 2.75) is 13.3 Å². The average molecular weight is 322 g/mol. The second-order valence-corrected chi connectivity index (χ2v) is 6.43. The minimum Gasteiger partial charge on any atom is -0.490 e. The number of aromatic nitrogens is 1. The van der Waals surface area contributed by atoms with Crippen molar-refractivity contribution in [3.63, 3.8) is 0 Å². The van der Waals surface area contributed by atoms with Crippen molar-refractivity contribution in [1.29, 1.82) is 0 Å². The molecule has 0 unspecified atom stereocenters. The first kappa shape index (κ1) is 14.3. The zero-order chi connectivity index (χ0) is 15.6. The third-order valence-electron chi connectivity index (χ3n) is 4.06. The van der Waals surface area contributed by atoms with E-state index in [-0.39, 0.29) is 0 Å². The maximum atomic E-state index is 5.63. The second kappa shape index (κ2) is 6.05. The molecule has 1 aliphatic heterocycles. The fraction of sp³-hybridized carbons (Fsp3) is 0.211. The summed E-state index contributed by atoms with van der Waals surface area (Å²) < 4.78 is 5.63. The van der Waals surface area contributed by atoms with Gasteiger partial charge < -0.3 is 10.1 Å². The highest BCUT2D eigenvalue weighted by Crippen LogP contribution is 2.35. The van der Waals surface area contributed by atoms with Crippen LogP contribution in [0.5, 0.6) is 5.75 Å². The van der Waals surface area contributed by atoms with Crippen LogP contribution in [0.3, 0.4) is 0 Å². The van der Waals surface area contributed by atoms with E-state index in [9.17, 15) is 0 Å². The van der Waals surface area contributed by atoms with Gasteiger partial charge in [-0.05, 0) is 30.2 Å². The first-order chi connectivity index (χ1) is 11.3. The summed E-state index contributed by atoms with van der Waals surface area (Å²) >= 11 is 1.68. The molecule has 0 saturated carbocycles. The number of benzene rings is 2. The predicted molar refractivity (Wildman–Crippen MR) is 96.3 cm³/mol. The molecule has 1 aromatic heterocycles. The molecule has 2 aromatic carbocycles. The van der Waals surface area contributed by atoms with Gasteiger partial charge in [-0.2, -0.15) is 0 Å². The van der Waals surface area contributed by atoms with Gasteiger partial charge in [-0.25, -0.2) is 4.98 Å². The lowest BCUT2D eigenvalue weighted by Gasteiger charge is -2.19. The molecule has 1 aliphatic rings. The quantitative estimate of drug-likeness (QED) is 0.749. The molecule has 0 fully saturated rings. The molecule has 4 rings (SSSR count). The Bertz CT molecular complexity index is 824. The van der Waals surface area contributed by atoms with Gasteiger partial charge in [-0.15, -0.1) is 11.3 Å². The van der Waals surface area contributed by atoms with E-state index >= 15 is 0 Å². The van der Waals surface area contributed by atoms with E-state index in [1.807, 2.05) is 6.07 Å². The molecule has 2 heterocycles. The van der Waals surface area contributed by atoms with E-state index in [4.69, 9.17) is 9.72 Å². The average Bonchev–Trinajstić information content (AvgIpc) is 3.11. The Kier molecular flexibility index (Phi) is 3.75. The summed E-state index contributed by atoms with van der Waals surface area (Å²) in [6.45, 7) is 3.74. The van der Waals surface area contributed by atoms with Crippen molar-refractivity contribution in [3.05, 3.63) is 53.4 Å². The number of fused-ring (bicyclic) bond motifs is 1. The van der Waals surface area contributed by atoms with Crippen LogP contribution in [-0.2, 0) is 6.42 Å². The third kappa shape index (κ3) is 2.82. The second-order valence-electron chi connectivity index (χ2n) is 5.57. The molecule has 1 N–H and O–H groups in total. The smallest absolute Gasteiger partial charge is 0.142 e. The first-order valence-corrected chi connectivity index (χ1v) is 8.77. The van der Waals surface area contributed by atoms with Gasteiger partial charge in [0, 0.05) is 23.1 Å². The number of rotatable bonds is 3. The SMILES string of the molecule is CCc1ccc(-c2csc(-c3ccc4c(c3)NCCO4)n2)cc1. The fourth-order valence-corrected chi connectivity index (χ4v) is 3.55. The van der Waals surface area contributed by atoms with Crippen LogP contribution in [-0.4, -0.2) is 18.1 Å². The fourth-order valence-electron chi connectivity index (χ4n) is 2.72. The van der Waals surface area contributed by atoms with E-state index in [1.54, 1.807) is 11.3 Å². The number of nitrogens with one attached hydrogen (secondary N) is 1. The van der Waals surface area contributed by atoms with Crippen LogP contribution in [0.25, 0.3) is 21.8 Å². The highest BCUT2D eigenvalue weighted by atomic mass is 32.1. The summed E-state index contributed by atoms with van der Waals surface area (Å²) in [7, 11) is 0. The molecule has 3 nitrogen and oxygen atoms in total. The standard InChI is InChI=1S/C19H18N2OS/c1-2-13-3-5-14(6-4-13)17-12-23-19(21-17)15-7-8-18-16(11-15)20-9-10-22-18/h3-8,11-12,20H,2,9-10H2,1H3. The highest BCUT2D eigenvalue weighted by Gasteiger charge is 2.13. The number of thiazole rings is 1. The Hall–Kier alpha value is -2.33. The van der Waals surface area contributed by atoms with Crippen molar-refractivity contribution >= 4 is 17.0 Å². The summed E-state index contributed by atoms with van der Waals surface area (Å²) in [6.07, 6.45) is 1.06. The Morgan fingerprint density at radius 2 is 1.96 bits per heavy atom. The summed E-state index contributed by atoms with van der Waals surface area (Å²) in [4.78, 5) is 4.81. The van der Waals surface area contributed by atoms with Crippen molar-refractivity contribution < 1.29 is 4.74 Å². The molecule has 0 atom stereocenters. The first-order valence-electron chi connectivity index (χ1n) is 7.89. The molecule has 116 valence electrons. The topological polar surface area (TPSA) is 34.1 Å². The maximum absolute atomic E-state index is 5.63. The summed E-state index contributed by atoms with van der Waals surface area (Å²) in [5.41, 5.74) is 5.74. The predicted octanol–water partition coefficient (Wildman–Crippen LogP) is 4.84. The zero-order valence-corrected chi connectivity index (χ0v) is 13.8. The summed E-state index contributed by atoms with van der Waals surface area (Å²) in [6, 6.07) is 14.9. The third-order valence-corrected chi connectivity index (χ3v) is 4.96. The largest absolute Gasteiger partial charge is 0.490 e. The van der Waals surface area contributed by atoms with Gasteiger partial charge in [0.2, 0.25) is 0 Å². The molecule has 4 heteroatoms. The van der Waals surface area contributed by atoms with E-state index in [2.05, 4.69) is 54.0 Å². The Balaban J connectivity index is 1.64. The molecule has 0 aliphatic carbocycles. The van der Waals surface area contributed by atoms with Crippen LogP contribution in [0, 0.1) is 0 Å². The summed E-state index contributed by atoms with van der Waals surface area (Å²) in [5.74, 6) is 0.923. The maximum Gasteiger partial charge on any atom is 0.142 e. The molecule has 23 heavy (non-hydrogen) atoms. The molecular weight excluding hydrogens is 304 g/mol. The van der Waals surface area contributed by atoms with Crippen molar-refractivity contribution in [2.24, 2.45) is 0 Å². The number of nitrogens with zero attached hydrogens (tertiary/aromatic N) is 1. The Labute approximate surface area is 140 Å². The van der Waals surface area contributed by atoms with E-state index in [0.29, 0.717) is 0 Å². The Morgan fingerprint density at radius 1 is 1.13 bits per heavy atom. The van der Waals surface area contributed by atoms with Crippen LogP contribution >= 0.6 is 11.3 Å². The van der Waals surface area contributed by atoms with Gasteiger partial charge >= 0.3 is 0 Å². The van der Waals surface area contributed by atoms with Gasteiger partial charge in [0.25, 0.3) is 0 Å². The minimum absolute atomic E-state index is 0.724. The number of hydrogen-bond donors (Lipinski definition) is 1. The minimum atomic E-state index is 0.724. The van der Waals surface area contributed by atoms with Crippen LogP contribution < -0.4 is 10.1 Å². The van der Waals surface area contributed by atoms with Crippen LogP contribution in [0.4, 0.5) is 5.69 Å². The van der Waals surface area contributed by atoms with Gasteiger partial charge in [0.1, 0.15) is 17.4 Å². The molecular formula is C19H18N2OS. The number of ether oxygens (including phenoxy) is 1. The van der Waals surface area contributed by atoms with E-state index < -0.39 is 0 Å². The van der Waals surface area contributed by atoms with Crippen molar-refractivity contribution in [2.75, 3.05) is 18.5 Å². The van der Waals surface area contributed by atoms with Crippen molar-refractivity contribution in [3.8, 4) is 27.6 Å². The zero-order valence-electron chi connectivity index (χ0n) is 13.0. The van der Waals surface area contributed by atoms with Gasteiger partial charge in [0.15, 0.2) is 0 Å². The lowest BCUT2D eigenvalue weighted by atomic mass is 10.1. The van der Waals surface area contributed by atoms with Crippen LogP contribution in [0.2, 0.25) is 0 Å². The van der Waals surface area contributed by atoms with Crippen LogP contribution in [0.15, 0.2) is 47.8 Å². The molecule has 0 radical (unpaired) electrons. The molecule has 0 bridgehead atoms. The van der Waals surface area contributed by atoms with Crippen LogP contribution in [0.1, 0.15) is 12.5 Å². The highest BCUT2D eigenvalue weighted by molar-refractivity contribution is 7.13. The number of aryl methyl sites for hydroxylation is 1. The molecule has 0 saturated heterocycles. The molecule has 0 amide bonds. The van der Waals surface area contributed by atoms with Gasteiger partial charge in [-0.1, -0.05) is 31.2 Å². The number of anilines is 1. The number of hydrogen-bond acceptors (Lipinski definition) is 4. The van der Waals surface area contributed by atoms with Gasteiger partial charge in [0.05, 0.1) is 11.4 Å². The monoisotopic (exact) mass is 322 g/mol. The lowest BCUT2D eigenvalue weighted by molar-refractivity contribution is 0.323. The Morgan fingerprint density at radius 3 is 2.78 bits per heavy atom. The lowest BCUT2D eigenvalue weighted by Crippen LogP contribution is -2.17. The normalized spacial score (nSPS) is 13.1. The molecule has 3 aromatic rings.